The average Bonchev–Trinajstić information content (AvgIpc) is 2.72. The van der Waals surface area contributed by atoms with Crippen LogP contribution >= 0.6 is 0 Å². The molecular formula is C23H34F6O7S2. The second kappa shape index (κ2) is 14.0. The first-order chi connectivity index (χ1) is 17.2. The average molecular weight is 601 g/mol. The molecule has 0 radical (unpaired) electrons. The standard InChI is InChI=1S/2C8H11F3O3S.C7H12O/c2*1-6-3-2-4-7(5-6)14-15(12,13)8(9,10)11;1-6-3-2-4-7(8)5-6/h5-6H,2-4H2,1H3;4,6H,2-3,5H2,1H3;6H,2-5H2,1H3. The molecule has 0 N–H and O–H groups in total. The quantitative estimate of drug-likeness (QED) is 0.197. The van der Waals surface area contributed by atoms with Crippen molar-refractivity contribution < 1.29 is 56.3 Å². The smallest absolute Gasteiger partial charge is 0.381 e. The first kappa shape index (κ1) is 34.3. The normalized spacial score (nSPS) is 25.0. The molecule has 15 heteroatoms. The van der Waals surface area contributed by atoms with E-state index in [-0.39, 0.29) is 36.2 Å². The maximum absolute atomic E-state index is 11.9. The van der Waals surface area contributed by atoms with Crippen LogP contribution in [0.1, 0.15) is 85.0 Å². The highest BCUT2D eigenvalue weighted by Crippen LogP contribution is 2.32. The summed E-state index contributed by atoms with van der Waals surface area (Å²) in [6.07, 6.45) is 10.2. The van der Waals surface area contributed by atoms with Crippen LogP contribution in [0.15, 0.2) is 23.7 Å². The highest BCUT2D eigenvalue weighted by atomic mass is 32.2. The number of allylic oxidation sites excluding steroid dienone is 4. The fourth-order valence-corrected chi connectivity index (χ4v) is 4.92. The fraction of sp³-hybridized carbons (Fsp3) is 0.783. The largest absolute Gasteiger partial charge is 0.534 e. The molecule has 0 aromatic carbocycles. The lowest BCUT2D eigenvalue weighted by atomic mass is 9.90. The molecule has 1 fully saturated rings. The molecule has 3 aliphatic rings. The Morgan fingerprint density at radius 1 is 0.737 bits per heavy atom. The Hall–Kier alpha value is -1.77. The van der Waals surface area contributed by atoms with Gasteiger partial charge >= 0.3 is 31.3 Å². The van der Waals surface area contributed by atoms with Crippen LogP contribution in [0.5, 0.6) is 0 Å². The molecule has 3 aliphatic carbocycles. The van der Waals surface area contributed by atoms with Gasteiger partial charge in [0, 0.05) is 25.7 Å². The van der Waals surface area contributed by atoms with Gasteiger partial charge in [0.15, 0.2) is 0 Å². The van der Waals surface area contributed by atoms with Crippen molar-refractivity contribution in [3.05, 3.63) is 23.7 Å². The highest BCUT2D eigenvalue weighted by Gasteiger charge is 2.49. The van der Waals surface area contributed by atoms with Crippen LogP contribution in [-0.4, -0.2) is 33.6 Å². The third-order valence-corrected chi connectivity index (χ3v) is 7.86. The number of carbonyl (C=O) groups excluding carboxylic acids is 1. The fourth-order valence-electron chi connectivity index (χ4n) is 3.89. The summed E-state index contributed by atoms with van der Waals surface area (Å²) in [5.41, 5.74) is -10.7. The van der Waals surface area contributed by atoms with Gasteiger partial charge in [0.1, 0.15) is 17.3 Å². The van der Waals surface area contributed by atoms with E-state index >= 15 is 0 Å². The van der Waals surface area contributed by atoms with Crippen molar-refractivity contribution in [2.45, 2.75) is 96.0 Å². The van der Waals surface area contributed by atoms with Crippen molar-refractivity contribution in [1.82, 2.24) is 0 Å². The Balaban J connectivity index is 0.000000298. The first-order valence-electron chi connectivity index (χ1n) is 12.2. The van der Waals surface area contributed by atoms with E-state index in [1.54, 1.807) is 6.92 Å². The molecule has 1 saturated carbocycles. The first-order valence-corrected chi connectivity index (χ1v) is 15.0. The van der Waals surface area contributed by atoms with Gasteiger partial charge in [0.25, 0.3) is 0 Å². The summed E-state index contributed by atoms with van der Waals surface area (Å²) >= 11 is 0. The molecule has 7 nitrogen and oxygen atoms in total. The third-order valence-electron chi connectivity index (χ3n) is 5.86. The Labute approximate surface area is 219 Å². The molecule has 0 amide bonds. The van der Waals surface area contributed by atoms with Crippen molar-refractivity contribution in [2.24, 2.45) is 17.8 Å². The predicted molar refractivity (Wildman–Crippen MR) is 127 cm³/mol. The number of halogens is 6. The van der Waals surface area contributed by atoms with E-state index in [4.69, 9.17) is 0 Å². The number of Topliss-reactive ketones (excluding diaryl/α,β-unsaturated/α-hetero) is 1. The van der Waals surface area contributed by atoms with Crippen molar-refractivity contribution in [3.8, 4) is 0 Å². The van der Waals surface area contributed by atoms with E-state index in [1.807, 2.05) is 6.92 Å². The topological polar surface area (TPSA) is 104 Å². The van der Waals surface area contributed by atoms with Crippen LogP contribution < -0.4 is 0 Å². The maximum atomic E-state index is 11.9. The molecule has 0 aliphatic heterocycles. The molecule has 3 atom stereocenters. The van der Waals surface area contributed by atoms with Gasteiger partial charge in [0.05, 0.1) is 0 Å². The number of ketones is 1. The Bertz CT molecular complexity index is 1060. The van der Waals surface area contributed by atoms with Crippen LogP contribution in [0.2, 0.25) is 0 Å². The summed E-state index contributed by atoms with van der Waals surface area (Å²) in [4.78, 5) is 10.7. The van der Waals surface area contributed by atoms with Gasteiger partial charge in [0.2, 0.25) is 0 Å². The zero-order valence-electron chi connectivity index (χ0n) is 21.4. The lowest BCUT2D eigenvalue weighted by Crippen LogP contribution is -2.26. The zero-order chi connectivity index (χ0) is 29.4. The van der Waals surface area contributed by atoms with E-state index in [9.17, 15) is 48.0 Å². The van der Waals surface area contributed by atoms with Gasteiger partial charge in [-0.15, -0.1) is 0 Å². The van der Waals surface area contributed by atoms with Crippen LogP contribution in [0.3, 0.4) is 0 Å². The molecular weight excluding hydrogens is 566 g/mol. The maximum Gasteiger partial charge on any atom is 0.534 e. The van der Waals surface area contributed by atoms with Gasteiger partial charge in [-0.3, -0.25) is 4.79 Å². The van der Waals surface area contributed by atoms with Gasteiger partial charge in [-0.2, -0.15) is 43.2 Å². The summed E-state index contributed by atoms with van der Waals surface area (Å²) in [7, 11) is -11.0. The van der Waals surface area contributed by atoms with E-state index < -0.39 is 31.3 Å². The van der Waals surface area contributed by atoms with Crippen LogP contribution in [-0.2, 0) is 33.4 Å². The Kier molecular flexibility index (Phi) is 12.7. The molecule has 222 valence electrons. The predicted octanol–water partition coefficient (Wildman–Crippen LogP) is 6.88. The van der Waals surface area contributed by atoms with Gasteiger partial charge < -0.3 is 8.37 Å². The second-order valence-electron chi connectivity index (χ2n) is 9.77. The number of hydrogen-bond acceptors (Lipinski definition) is 7. The summed E-state index contributed by atoms with van der Waals surface area (Å²) in [6.45, 7) is 5.77. The van der Waals surface area contributed by atoms with E-state index in [0.717, 1.165) is 32.1 Å². The van der Waals surface area contributed by atoms with Crippen LogP contribution in [0.4, 0.5) is 26.3 Å². The monoisotopic (exact) mass is 600 g/mol. The van der Waals surface area contributed by atoms with Gasteiger partial charge in [-0.1, -0.05) is 20.8 Å². The van der Waals surface area contributed by atoms with Gasteiger partial charge in [-0.05, 0) is 68.4 Å². The molecule has 0 saturated heterocycles. The molecule has 3 rings (SSSR count). The van der Waals surface area contributed by atoms with Crippen molar-refractivity contribution in [3.63, 3.8) is 0 Å². The third kappa shape index (κ3) is 12.0. The minimum Gasteiger partial charge on any atom is -0.381 e. The molecule has 0 bridgehead atoms. The zero-order valence-corrected chi connectivity index (χ0v) is 23.0. The van der Waals surface area contributed by atoms with E-state index in [0.29, 0.717) is 24.5 Å². The SMILES string of the molecule is CC1C=C(OS(=O)(=O)C(F)(F)F)CCC1.CC1CCC=C(OS(=O)(=O)C(F)(F)F)C1.CC1CCCC(=O)C1. The molecule has 0 aromatic heterocycles. The molecule has 0 spiro atoms. The summed E-state index contributed by atoms with van der Waals surface area (Å²) < 4.78 is 122. The van der Waals surface area contributed by atoms with E-state index in [1.165, 1.54) is 18.6 Å². The van der Waals surface area contributed by atoms with Gasteiger partial charge in [-0.25, -0.2) is 0 Å². The van der Waals surface area contributed by atoms with Crippen molar-refractivity contribution in [1.29, 1.82) is 0 Å². The summed E-state index contributed by atoms with van der Waals surface area (Å²) in [6, 6.07) is 0. The Morgan fingerprint density at radius 2 is 1.24 bits per heavy atom. The molecule has 3 unspecified atom stereocenters. The summed E-state index contributed by atoms with van der Waals surface area (Å²) in [5.74, 6) is 1.11. The highest BCUT2D eigenvalue weighted by molar-refractivity contribution is 7.88. The van der Waals surface area contributed by atoms with Crippen LogP contribution in [0, 0.1) is 17.8 Å². The van der Waals surface area contributed by atoms with E-state index in [2.05, 4.69) is 15.3 Å². The lowest BCUT2D eigenvalue weighted by molar-refractivity contribution is -0.121. The summed E-state index contributed by atoms with van der Waals surface area (Å²) in [5, 5.41) is 0. The molecule has 38 heavy (non-hydrogen) atoms. The minimum absolute atomic E-state index is 0.0529. The number of hydrogen-bond donors (Lipinski definition) is 0. The van der Waals surface area contributed by atoms with Crippen LogP contribution in [0.25, 0.3) is 0 Å². The number of carbonyl (C=O) groups is 1. The van der Waals surface area contributed by atoms with Crippen molar-refractivity contribution >= 4 is 26.0 Å². The lowest BCUT2D eigenvalue weighted by Gasteiger charge is -2.19. The molecule has 0 heterocycles. The second-order valence-corrected chi connectivity index (χ2v) is 12.8. The molecule has 0 aromatic rings. The number of alkyl halides is 6. The number of rotatable bonds is 4. The Morgan fingerprint density at radius 3 is 1.66 bits per heavy atom. The minimum atomic E-state index is -5.49. The van der Waals surface area contributed by atoms with Crippen molar-refractivity contribution in [2.75, 3.05) is 0 Å².